The number of aromatic nitrogens is 2. The Balaban J connectivity index is 1.82. The summed E-state index contributed by atoms with van der Waals surface area (Å²) in [6, 6.07) is 6.66. The highest BCUT2D eigenvalue weighted by atomic mass is 35.5. The number of carbonyl (C=O) groups is 1. The standard InChI is InChI=1S/C22H22ClN3O2S/c1-3-4-5-7-16(15-10-11-15)13-19-14(2)20(23)25-22(24-19)26-29-18-9-6-8-17(12-18)21(27)28/h3-9,12-13,15H,10-11H2,1-2H3,(H,27,28)(H,24,25,26)/b4-3+,7-5-,16-13-. The molecule has 1 aliphatic carbocycles. The average Bonchev–Trinajstić information content (AvgIpc) is 3.54. The number of aromatic carboxylic acids is 1. The van der Waals surface area contributed by atoms with E-state index >= 15 is 0 Å². The Morgan fingerprint density at radius 3 is 2.79 bits per heavy atom. The highest BCUT2D eigenvalue weighted by Gasteiger charge is 2.24. The number of benzene rings is 1. The van der Waals surface area contributed by atoms with Crippen LogP contribution in [0.2, 0.25) is 5.15 Å². The van der Waals surface area contributed by atoms with E-state index in [1.165, 1.54) is 30.4 Å². The Morgan fingerprint density at radius 1 is 1.31 bits per heavy atom. The first-order valence-electron chi connectivity index (χ1n) is 9.29. The van der Waals surface area contributed by atoms with Crippen LogP contribution in [0.5, 0.6) is 0 Å². The molecule has 7 heteroatoms. The molecule has 0 spiro atoms. The monoisotopic (exact) mass is 427 g/mol. The van der Waals surface area contributed by atoms with Gasteiger partial charge in [-0.05, 0) is 74.4 Å². The molecule has 1 saturated carbocycles. The summed E-state index contributed by atoms with van der Waals surface area (Å²) < 4.78 is 3.06. The fourth-order valence-electron chi connectivity index (χ4n) is 2.64. The molecular weight excluding hydrogens is 406 g/mol. The van der Waals surface area contributed by atoms with Crippen LogP contribution in [-0.2, 0) is 0 Å². The zero-order valence-corrected chi connectivity index (χ0v) is 17.8. The van der Waals surface area contributed by atoms with Crippen LogP contribution in [0.4, 0.5) is 5.95 Å². The first-order valence-corrected chi connectivity index (χ1v) is 10.5. The third kappa shape index (κ3) is 5.95. The number of rotatable bonds is 8. The van der Waals surface area contributed by atoms with Gasteiger partial charge in [-0.25, -0.2) is 14.8 Å². The smallest absolute Gasteiger partial charge is 0.335 e. The fourth-order valence-corrected chi connectivity index (χ4v) is 3.45. The second-order valence-electron chi connectivity index (χ2n) is 6.69. The predicted molar refractivity (Wildman–Crippen MR) is 119 cm³/mol. The zero-order valence-electron chi connectivity index (χ0n) is 16.2. The van der Waals surface area contributed by atoms with Crippen LogP contribution in [-0.4, -0.2) is 21.0 Å². The SMILES string of the molecule is C/C=C/C=C\C(=C\c1nc(NSc2cccc(C(=O)O)c2)nc(Cl)c1C)C1CC1. The molecule has 0 amide bonds. The van der Waals surface area contributed by atoms with Crippen LogP contribution < -0.4 is 4.72 Å². The van der Waals surface area contributed by atoms with Gasteiger partial charge in [0.2, 0.25) is 5.95 Å². The minimum Gasteiger partial charge on any atom is -0.478 e. The van der Waals surface area contributed by atoms with Crippen molar-refractivity contribution in [3.63, 3.8) is 0 Å². The number of anilines is 1. The minimum atomic E-state index is -0.965. The third-order valence-corrected chi connectivity index (χ3v) is 5.55. The van der Waals surface area contributed by atoms with Crippen molar-refractivity contribution < 1.29 is 9.90 Å². The van der Waals surface area contributed by atoms with E-state index in [-0.39, 0.29) is 5.56 Å². The van der Waals surface area contributed by atoms with E-state index in [4.69, 9.17) is 16.7 Å². The summed E-state index contributed by atoms with van der Waals surface area (Å²) in [6.07, 6.45) is 12.6. The molecular formula is C22H22ClN3O2S. The van der Waals surface area contributed by atoms with Gasteiger partial charge < -0.3 is 5.11 Å². The van der Waals surface area contributed by atoms with Gasteiger partial charge in [-0.1, -0.05) is 42.0 Å². The van der Waals surface area contributed by atoms with Crippen molar-refractivity contribution in [1.82, 2.24) is 9.97 Å². The molecule has 3 rings (SSSR count). The lowest BCUT2D eigenvalue weighted by Gasteiger charge is -2.09. The number of hydrogen-bond donors (Lipinski definition) is 2. The second kappa shape index (κ2) is 9.76. The maximum absolute atomic E-state index is 11.1. The molecule has 0 atom stereocenters. The molecule has 2 N–H and O–H groups in total. The van der Waals surface area contributed by atoms with Gasteiger partial charge in [-0.2, -0.15) is 0 Å². The fraction of sp³-hybridized carbons (Fsp3) is 0.227. The number of halogens is 1. The number of nitrogens with one attached hydrogen (secondary N) is 1. The van der Waals surface area contributed by atoms with E-state index in [1.54, 1.807) is 18.2 Å². The second-order valence-corrected chi connectivity index (χ2v) is 7.93. The lowest BCUT2D eigenvalue weighted by atomic mass is 10.1. The summed E-state index contributed by atoms with van der Waals surface area (Å²) in [5, 5.41) is 9.51. The topological polar surface area (TPSA) is 75.1 Å². The Bertz CT molecular complexity index is 998. The Hall–Kier alpha value is -2.57. The van der Waals surface area contributed by atoms with Crippen molar-refractivity contribution in [2.75, 3.05) is 4.72 Å². The van der Waals surface area contributed by atoms with E-state index in [0.717, 1.165) is 16.2 Å². The minimum absolute atomic E-state index is 0.227. The molecule has 0 saturated heterocycles. The molecule has 1 heterocycles. The van der Waals surface area contributed by atoms with Crippen LogP contribution in [0.1, 0.15) is 41.4 Å². The van der Waals surface area contributed by atoms with Crippen LogP contribution >= 0.6 is 23.5 Å². The van der Waals surface area contributed by atoms with Gasteiger partial charge in [0, 0.05) is 10.5 Å². The molecule has 1 aromatic heterocycles. The summed E-state index contributed by atoms with van der Waals surface area (Å²) in [5.41, 5.74) is 3.06. The summed E-state index contributed by atoms with van der Waals surface area (Å²) in [5.74, 6) is -0.0209. The number of carboxylic acid groups (broad SMARTS) is 1. The first-order chi connectivity index (χ1) is 14.0. The van der Waals surface area contributed by atoms with Crippen LogP contribution in [0.3, 0.4) is 0 Å². The van der Waals surface area contributed by atoms with Crippen molar-refractivity contribution in [1.29, 1.82) is 0 Å². The third-order valence-electron chi connectivity index (χ3n) is 4.41. The molecule has 1 aromatic carbocycles. The quantitative estimate of drug-likeness (QED) is 0.297. The van der Waals surface area contributed by atoms with Crippen molar-refractivity contribution in [2.24, 2.45) is 5.92 Å². The summed E-state index contributed by atoms with van der Waals surface area (Å²) >= 11 is 7.58. The van der Waals surface area contributed by atoms with Gasteiger partial charge >= 0.3 is 5.97 Å². The predicted octanol–water partition coefficient (Wildman–Crippen LogP) is 6.18. The van der Waals surface area contributed by atoms with Crippen molar-refractivity contribution >= 4 is 41.5 Å². The van der Waals surface area contributed by atoms with Gasteiger partial charge in [-0.15, -0.1) is 0 Å². The summed E-state index contributed by atoms with van der Waals surface area (Å²) in [6.45, 7) is 3.89. The Kier molecular flexibility index (Phi) is 7.12. The normalized spacial score (nSPS) is 14.7. The average molecular weight is 428 g/mol. The maximum atomic E-state index is 11.1. The molecule has 0 unspecified atom stereocenters. The maximum Gasteiger partial charge on any atom is 0.335 e. The zero-order chi connectivity index (χ0) is 20.8. The van der Waals surface area contributed by atoms with Crippen LogP contribution in [0.25, 0.3) is 6.08 Å². The first kappa shape index (κ1) is 21.1. The van der Waals surface area contributed by atoms with E-state index < -0.39 is 5.97 Å². The Labute approximate surface area is 179 Å². The van der Waals surface area contributed by atoms with E-state index in [2.05, 4.69) is 26.8 Å². The molecule has 1 fully saturated rings. The molecule has 0 radical (unpaired) electrons. The van der Waals surface area contributed by atoms with E-state index in [1.807, 2.05) is 38.1 Å². The number of nitrogens with zero attached hydrogens (tertiary/aromatic N) is 2. The van der Waals surface area contributed by atoms with Gasteiger partial charge in [0.25, 0.3) is 0 Å². The lowest BCUT2D eigenvalue weighted by molar-refractivity contribution is 0.0696. The molecule has 0 bridgehead atoms. The molecule has 0 aliphatic heterocycles. The Morgan fingerprint density at radius 2 is 2.10 bits per heavy atom. The highest BCUT2D eigenvalue weighted by molar-refractivity contribution is 8.00. The molecule has 2 aromatic rings. The van der Waals surface area contributed by atoms with Gasteiger partial charge in [-0.3, -0.25) is 4.72 Å². The molecule has 29 heavy (non-hydrogen) atoms. The van der Waals surface area contributed by atoms with Crippen LogP contribution in [0.15, 0.2) is 59.0 Å². The van der Waals surface area contributed by atoms with Crippen molar-refractivity contribution in [3.8, 4) is 0 Å². The van der Waals surface area contributed by atoms with E-state index in [0.29, 0.717) is 17.0 Å². The largest absolute Gasteiger partial charge is 0.478 e. The number of carboxylic acids is 1. The molecule has 5 nitrogen and oxygen atoms in total. The van der Waals surface area contributed by atoms with Crippen molar-refractivity contribution in [2.45, 2.75) is 31.6 Å². The number of allylic oxidation sites excluding steroid dienone is 5. The molecule has 150 valence electrons. The highest BCUT2D eigenvalue weighted by Crippen LogP contribution is 2.38. The van der Waals surface area contributed by atoms with Gasteiger partial charge in [0.05, 0.1) is 11.3 Å². The van der Waals surface area contributed by atoms with E-state index in [9.17, 15) is 4.79 Å². The summed E-state index contributed by atoms with van der Waals surface area (Å²) in [7, 11) is 0. The van der Waals surface area contributed by atoms with Crippen molar-refractivity contribution in [3.05, 3.63) is 76.1 Å². The van der Waals surface area contributed by atoms with Gasteiger partial charge in [0.15, 0.2) is 0 Å². The number of hydrogen-bond acceptors (Lipinski definition) is 5. The van der Waals surface area contributed by atoms with Gasteiger partial charge in [0.1, 0.15) is 5.15 Å². The van der Waals surface area contributed by atoms with Crippen LogP contribution in [0, 0.1) is 12.8 Å². The lowest BCUT2D eigenvalue weighted by Crippen LogP contribution is -2.01. The molecule has 1 aliphatic rings. The summed E-state index contributed by atoms with van der Waals surface area (Å²) in [4.78, 5) is 20.8.